The summed E-state index contributed by atoms with van der Waals surface area (Å²) in [7, 11) is 1.96. The molecule has 4 heteroatoms. The van der Waals surface area contributed by atoms with Gasteiger partial charge in [0.2, 0.25) is 0 Å². The third kappa shape index (κ3) is 2.95. The Labute approximate surface area is 168 Å². The van der Waals surface area contributed by atoms with Gasteiger partial charge in [0.05, 0.1) is 11.9 Å². The van der Waals surface area contributed by atoms with Crippen molar-refractivity contribution < 1.29 is 5.11 Å². The van der Waals surface area contributed by atoms with Crippen LogP contribution in [0, 0.1) is 0 Å². The minimum Gasteiger partial charge on any atom is -0.382 e. The van der Waals surface area contributed by atoms with E-state index in [1.165, 1.54) is 22.3 Å². The maximum absolute atomic E-state index is 11.0. The van der Waals surface area contributed by atoms with Gasteiger partial charge in [-0.05, 0) is 46.4 Å². The molecule has 0 aliphatic heterocycles. The zero-order chi connectivity index (χ0) is 19.1. The van der Waals surface area contributed by atoms with Gasteiger partial charge in [-0.3, -0.25) is 0 Å². The number of nitrogens with zero attached hydrogens (tertiary/aromatic N) is 2. The zero-order valence-electron chi connectivity index (χ0n) is 15.5. The molecular formula is C24H20N2OS. The van der Waals surface area contributed by atoms with Gasteiger partial charge in [0.15, 0.2) is 5.16 Å². The highest BCUT2D eigenvalue weighted by Crippen LogP contribution is 2.38. The number of hydrogen-bond acceptors (Lipinski definition) is 3. The van der Waals surface area contributed by atoms with E-state index in [9.17, 15) is 5.11 Å². The molecule has 1 aliphatic carbocycles. The lowest BCUT2D eigenvalue weighted by molar-refractivity contribution is 0.210. The van der Waals surface area contributed by atoms with E-state index < -0.39 is 6.10 Å². The molecule has 4 aromatic rings. The van der Waals surface area contributed by atoms with Crippen LogP contribution in [-0.2, 0) is 13.5 Å². The van der Waals surface area contributed by atoms with Crippen molar-refractivity contribution in [3.8, 4) is 11.1 Å². The molecule has 0 saturated carbocycles. The largest absolute Gasteiger partial charge is 0.382 e. The first-order valence-electron chi connectivity index (χ1n) is 9.34. The molecule has 1 atom stereocenters. The van der Waals surface area contributed by atoms with Gasteiger partial charge in [-0.25, -0.2) is 4.98 Å². The summed E-state index contributed by atoms with van der Waals surface area (Å²) in [5.74, 6) is 0. The summed E-state index contributed by atoms with van der Waals surface area (Å²) < 4.78 is 1.98. The molecule has 0 spiro atoms. The first-order valence-corrected chi connectivity index (χ1v) is 10.2. The maximum Gasteiger partial charge on any atom is 0.172 e. The zero-order valence-corrected chi connectivity index (χ0v) is 16.4. The molecule has 3 aromatic carbocycles. The Bertz CT molecular complexity index is 1150. The van der Waals surface area contributed by atoms with E-state index in [2.05, 4.69) is 53.5 Å². The Morgan fingerprint density at radius 1 is 0.929 bits per heavy atom. The van der Waals surface area contributed by atoms with Crippen molar-refractivity contribution in [2.75, 3.05) is 0 Å². The number of hydrogen-bond donors (Lipinski definition) is 1. The highest BCUT2D eigenvalue weighted by molar-refractivity contribution is 7.99. The van der Waals surface area contributed by atoms with Gasteiger partial charge in [-0.15, -0.1) is 0 Å². The van der Waals surface area contributed by atoms with Gasteiger partial charge in [-0.2, -0.15) is 0 Å². The molecule has 0 bridgehead atoms. The summed E-state index contributed by atoms with van der Waals surface area (Å²) in [5, 5.41) is 11.9. The Balaban J connectivity index is 1.43. The van der Waals surface area contributed by atoms with Crippen LogP contribution in [0.3, 0.4) is 0 Å². The fourth-order valence-corrected chi connectivity index (χ4v) is 4.71. The predicted octanol–water partition coefficient (Wildman–Crippen LogP) is 5.22. The number of aliphatic hydroxyl groups is 1. The molecule has 3 nitrogen and oxygen atoms in total. The Hall–Kier alpha value is -2.82. The van der Waals surface area contributed by atoms with E-state index in [0.717, 1.165) is 27.7 Å². The monoisotopic (exact) mass is 384 g/mol. The van der Waals surface area contributed by atoms with E-state index in [1.807, 2.05) is 35.9 Å². The van der Waals surface area contributed by atoms with Crippen LogP contribution >= 0.6 is 11.8 Å². The summed E-state index contributed by atoms with van der Waals surface area (Å²) in [5.41, 5.74) is 6.92. The standard InChI is InChI=1S/C24H20N2OS/c1-26-22(15-25-24(26)28-19-8-3-2-4-9-19)23(27)17-11-12-21-18(14-17)13-16-7-5-6-10-20(16)21/h2-12,14-15,23,27H,13H2,1H3. The van der Waals surface area contributed by atoms with Crippen LogP contribution in [0.2, 0.25) is 0 Å². The van der Waals surface area contributed by atoms with Crippen LogP contribution in [0.1, 0.15) is 28.5 Å². The predicted molar refractivity (Wildman–Crippen MR) is 113 cm³/mol. The minimum atomic E-state index is -0.698. The molecule has 0 amide bonds. The third-order valence-electron chi connectivity index (χ3n) is 5.35. The topological polar surface area (TPSA) is 38.0 Å². The second kappa shape index (κ2) is 6.97. The van der Waals surface area contributed by atoms with Gasteiger partial charge in [0.1, 0.15) is 6.10 Å². The highest BCUT2D eigenvalue weighted by atomic mass is 32.2. The summed E-state index contributed by atoms with van der Waals surface area (Å²) in [6.45, 7) is 0. The van der Waals surface area contributed by atoms with E-state index >= 15 is 0 Å². The molecule has 138 valence electrons. The summed E-state index contributed by atoms with van der Waals surface area (Å²) >= 11 is 1.60. The quantitative estimate of drug-likeness (QED) is 0.461. The lowest BCUT2D eigenvalue weighted by Crippen LogP contribution is -2.06. The normalized spacial score (nSPS) is 13.2. The van der Waals surface area contributed by atoms with Gasteiger partial charge in [0.25, 0.3) is 0 Å². The van der Waals surface area contributed by atoms with Gasteiger partial charge in [0, 0.05) is 11.9 Å². The average molecular weight is 385 g/mol. The van der Waals surface area contributed by atoms with Crippen LogP contribution in [-0.4, -0.2) is 14.7 Å². The van der Waals surface area contributed by atoms with E-state index in [-0.39, 0.29) is 0 Å². The van der Waals surface area contributed by atoms with Crippen LogP contribution in [0.25, 0.3) is 11.1 Å². The number of imidazole rings is 1. The van der Waals surface area contributed by atoms with Crippen LogP contribution in [0.15, 0.2) is 89.0 Å². The second-order valence-electron chi connectivity index (χ2n) is 7.09. The van der Waals surface area contributed by atoms with Crippen LogP contribution < -0.4 is 0 Å². The number of rotatable bonds is 4. The van der Waals surface area contributed by atoms with Crippen molar-refractivity contribution in [3.63, 3.8) is 0 Å². The first kappa shape index (κ1) is 17.3. The summed E-state index contributed by atoms with van der Waals surface area (Å²) in [6, 6.07) is 25.0. The lowest BCUT2D eigenvalue weighted by Gasteiger charge is -2.14. The molecule has 0 saturated heterocycles. The first-order chi connectivity index (χ1) is 13.7. The molecule has 0 radical (unpaired) electrons. The van der Waals surface area contributed by atoms with Crippen molar-refractivity contribution in [1.82, 2.24) is 9.55 Å². The number of aliphatic hydroxyl groups excluding tert-OH is 1. The molecule has 0 fully saturated rings. The molecular weight excluding hydrogens is 364 g/mol. The molecule has 1 heterocycles. The van der Waals surface area contributed by atoms with Crippen molar-refractivity contribution in [1.29, 1.82) is 0 Å². The molecule has 1 aliphatic rings. The number of aromatic nitrogens is 2. The van der Waals surface area contributed by atoms with Crippen molar-refractivity contribution in [2.45, 2.75) is 22.6 Å². The Morgan fingerprint density at radius 2 is 1.68 bits per heavy atom. The molecule has 28 heavy (non-hydrogen) atoms. The minimum absolute atomic E-state index is 0.698. The van der Waals surface area contributed by atoms with Gasteiger partial charge < -0.3 is 9.67 Å². The Kier molecular flexibility index (Phi) is 4.30. The molecule has 1 N–H and O–H groups in total. The lowest BCUT2D eigenvalue weighted by atomic mass is 9.99. The summed E-state index contributed by atoms with van der Waals surface area (Å²) in [4.78, 5) is 5.66. The highest BCUT2D eigenvalue weighted by Gasteiger charge is 2.22. The van der Waals surface area contributed by atoms with Crippen molar-refractivity contribution in [2.24, 2.45) is 7.05 Å². The second-order valence-corrected chi connectivity index (χ2v) is 8.13. The van der Waals surface area contributed by atoms with Crippen molar-refractivity contribution in [3.05, 3.63) is 101 Å². The molecule has 1 unspecified atom stereocenters. The van der Waals surface area contributed by atoms with E-state index in [4.69, 9.17) is 0 Å². The van der Waals surface area contributed by atoms with Gasteiger partial charge >= 0.3 is 0 Å². The van der Waals surface area contributed by atoms with Crippen LogP contribution in [0.5, 0.6) is 0 Å². The van der Waals surface area contributed by atoms with Crippen LogP contribution in [0.4, 0.5) is 0 Å². The Morgan fingerprint density at radius 3 is 2.54 bits per heavy atom. The maximum atomic E-state index is 11.0. The van der Waals surface area contributed by atoms with E-state index in [0.29, 0.717) is 0 Å². The van der Waals surface area contributed by atoms with Gasteiger partial charge in [-0.1, -0.05) is 72.4 Å². The summed E-state index contributed by atoms with van der Waals surface area (Å²) in [6.07, 6.45) is 2.00. The molecule has 5 rings (SSSR count). The number of benzene rings is 3. The average Bonchev–Trinajstić information content (AvgIpc) is 3.28. The smallest absolute Gasteiger partial charge is 0.172 e. The molecule has 1 aromatic heterocycles. The van der Waals surface area contributed by atoms with E-state index in [1.54, 1.807) is 18.0 Å². The SMILES string of the molecule is Cn1c(C(O)c2ccc3c(c2)Cc2ccccc2-3)cnc1Sc1ccccc1. The fraction of sp³-hybridized carbons (Fsp3) is 0.125. The van der Waals surface area contributed by atoms with Crippen molar-refractivity contribution >= 4 is 11.8 Å². The third-order valence-corrected chi connectivity index (χ3v) is 6.42. The fourth-order valence-electron chi connectivity index (χ4n) is 3.85. The number of fused-ring (bicyclic) bond motifs is 3.